The van der Waals surface area contributed by atoms with Gasteiger partial charge in [0.15, 0.2) is 0 Å². The van der Waals surface area contributed by atoms with E-state index in [0.29, 0.717) is 5.69 Å². The van der Waals surface area contributed by atoms with Gasteiger partial charge in [0.05, 0.1) is 0 Å². The van der Waals surface area contributed by atoms with E-state index in [1.807, 2.05) is 19.1 Å². The molecule has 2 nitrogen and oxygen atoms in total. The molecule has 1 aromatic rings. The van der Waals surface area contributed by atoms with Gasteiger partial charge >= 0.3 is 0 Å². The van der Waals surface area contributed by atoms with Gasteiger partial charge in [0.2, 0.25) is 0 Å². The number of nitroso groups, excluding NO2 is 1. The van der Waals surface area contributed by atoms with E-state index in [-0.39, 0.29) is 0 Å². The van der Waals surface area contributed by atoms with Crippen molar-refractivity contribution in [1.29, 1.82) is 0 Å². The zero-order valence-corrected chi connectivity index (χ0v) is 7.62. The van der Waals surface area contributed by atoms with Crippen molar-refractivity contribution in [3.63, 3.8) is 0 Å². The maximum atomic E-state index is 10.1. The van der Waals surface area contributed by atoms with E-state index in [1.54, 1.807) is 6.07 Å². The first kappa shape index (κ1) is 7.65. The van der Waals surface area contributed by atoms with E-state index < -0.39 is 0 Å². The topological polar surface area (TPSA) is 29.4 Å². The number of aryl methyl sites for hydroxylation is 1. The third-order valence-corrected chi connectivity index (χ3v) is 2.67. The molecule has 0 spiro atoms. The van der Waals surface area contributed by atoms with Crippen LogP contribution >= 0.6 is 22.6 Å². The summed E-state index contributed by atoms with van der Waals surface area (Å²) >= 11 is 2.11. The summed E-state index contributed by atoms with van der Waals surface area (Å²) in [5, 5.41) is 2.87. The molecule has 0 fully saturated rings. The standard InChI is InChI=1S/C7H6INO/c1-5-3-2-4-6(9-10)7(5)8/h2-4H,1H3. The maximum Gasteiger partial charge on any atom is 0.121 e. The minimum absolute atomic E-state index is 0.528. The van der Waals surface area contributed by atoms with Gasteiger partial charge in [0.1, 0.15) is 5.69 Å². The lowest BCUT2D eigenvalue weighted by Crippen LogP contribution is -1.77. The number of nitrogens with zero attached hydrogens (tertiary/aromatic N) is 1. The van der Waals surface area contributed by atoms with E-state index >= 15 is 0 Å². The Kier molecular flexibility index (Phi) is 2.37. The molecule has 0 unspecified atom stereocenters. The summed E-state index contributed by atoms with van der Waals surface area (Å²) in [6, 6.07) is 5.49. The van der Waals surface area contributed by atoms with Gasteiger partial charge in [-0.25, -0.2) is 0 Å². The number of halogens is 1. The van der Waals surface area contributed by atoms with E-state index in [9.17, 15) is 4.91 Å². The normalized spacial score (nSPS) is 9.40. The number of benzene rings is 1. The van der Waals surface area contributed by atoms with Crippen LogP contribution in [0.2, 0.25) is 0 Å². The van der Waals surface area contributed by atoms with Crippen LogP contribution < -0.4 is 0 Å². The third kappa shape index (κ3) is 1.34. The van der Waals surface area contributed by atoms with Gasteiger partial charge < -0.3 is 0 Å². The molecule has 0 aliphatic carbocycles. The monoisotopic (exact) mass is 247 g/mol. The fraction of sp³-hybridized carbons (Fsp3) is 0.143. The Morgan fingerprint density at radius 1 is 1.50 bits per heavy atom. The maximum absolute atomic E-state index is 10.1. The Morgan fingerprint density at radius 3 is 2.70 bits per heavy atom. The highest BCUT2D eigenvalue weighted by atomic mass is 127. The SMILES string of the molecule is Cc1cccc(N=O)c1I. The highest BCUT2D eigenvalue weighted by Crippen LogP contribution is 2.23. The second-order valence-corrected chi connectivity index (χ2v) is 3.08. The molecule has 0 bridgehead atoms. The Morgan fingerprint density at radius 2 is 2.20 bits per heavy atom. The molecule has 0 atom stereocenters. The highest BCUT2D eigenvalue weighted by molar-refractivity contribution is 14.1. The Labute approximate surface area is 72.8 Å². The van der Waals surface area contributed by atoms with Crippen LogP contribution in [0.1, 0.15) is 5.56 Å². The van der Waals surface area contributed by atoms with Gasteiger partial charge in [-0.1, -0.05) is 12.1 Å². The van der Waals surface area contributed by atoms with Crippen molar-refractivity contribution in [2.75, 3.05) is 0 Å². The Bertz CT molecular complexity index is 260. The number of rotatable bonds is 1. The fourth-order valence-corrected chi connectivity index (χ4v) is 1.16. The van der Waals surface area contributed by atoms with Crippen molar-refractivity contribution < 1.29 is 0 Å². The molecule has 0 saturated heterocycles. The first-order valence-corrected chi connectivity index (χ1v) is 3.92. The van der Waals surface area contributed by atoms with Crippen LogP contribution in [0.4, 0.5) is 5.69 Å². The van der Waals surface area contributed by atoms with E-state index in [2.05, 4.69) is 27.8 Å². The molecule has 52 valence electrons. The number of hydrogen-bond donors (Lipinski definition) is 0. The summed E-state index contributed by atoms with van der Waals surface area (Å²) in [5.41, 5.74) is 1.62. The fourth-order valence-electron chi connectivity index (χ4n) is 0.702. The molecule has 0 amide bonds. The van der Waals surface area contributed by atoms with Crippen molar-refractivity contribution in [3.8, 4) is 0 Å². The molecule has 3 heteroatoms. The van der Waals surface area contributed by atoms with E-state index in [0.717, 1.165) is 9.13 Å². The predicted octanol–water partition coefficient (Wildman–Crippen LogP) is 3.00. The van der Waals surface area contributed by atoms with Crippen molar-refractivity contribution in [2.45, 2.75) is 6.92 Å². The van der Waals surface area contributed by atoms with Gasteiger partial charge in [0.25, 0.3) is 0 Å². The van der Waals surface area contributed by atoms with Gasteiger partial charge in [-0.15, -0.1) is 4.91 Å². The second-order valence-electron chi connectivity index (χ2n) is 2.00. The lowest BCUT2D eigenvalue weighted by molar-refractivity contribution is 1.38. The van der Waals surface area contributed by atoms with Crippen LogP contribution in [0.15, 0.2) is 23.4 Å². The molecule has 0 aromatic heterocycles. The van der Waals surface area contributed by atoms with Crippen LogP contribution in [-0.2, 0) is 0 Å². The molecule has 0 aliphatic rings. The molecular weight excluding hydrogens is 241 g/mol. The van der Waals surface area contributed by atoms with Crippen molar-refractivity contribution in [2.24, 2.45) is 5.18 Å². The molecule has 0 aliphatic heterocycles. The minimum Gasteiger partial charge on any atom is -0.145 e. The van der Waals surface area contributed by atoms with Gasteiger partial charge in [-0.05, 0) is 46.3 Å². The lowest BCUT2D eigenvalue weighted by Gasteiger charge is -1.96. The minimum atomic E-state index is 0.528. The smallest absolute Gasteiger partial charge is 0.121 e. The summed E-state index contributed by atoms with van der Waals surface area (Å²) in [4.78, 5) is 10.1. The van der Waals surface area contributed by atoms with E-state index in [4.69, 9.17) is 0 Å². The summed E-state index contributed by atoms with van der Waals surface area (Å²) in [7, 11) is 0. The van der Waals surface area contributed by atoms with Crippen LogP contribution in [-0.4, -0.2) is 0 Å². The Balaban J connectivity index is 3.27. The third-order valence-electron chi connectivity index (χ3n) is 1.27. The quantitative estimate of drug-likeness (QED) is 0.554. The van der Waals surface area contributed by atoms with Gasteiger partial charge in [-0.2, -0.15) is 0 Å². The average molecular weight is 247 g/mol. The van der Waals surface area contributed by atoms with Gasteiger partial charge in [0, 0.05) is 3.57 Å². The second kappa shape index (κ2) is 3.09. The number of hydrogen-bond acceptors (Lipinski definition) is 2. The van der Waals surface area contributed by atoms with Crippen molar-refractivity contribution in [3.05, 3.63) is 32.2 Å². The predicted molar refractivity (Wildman–Crippen MR) is 49.4 cm³/mol. The molecule has 0 N–H and O–H groups in total. The summed E-state index contributed by atoms with van der Waals surface area (Å²) < 4.78 is 0.940. The summed E-state index contributed by atoms with van der Waals surface area (Å²) in [5.74, 6) is 0. The summed E-state index contributed by atoms with van der Waals surface area (Å²) in [6.07, 6.45) is 0. The largest absolute Gasteiger partial charge is 0.145 e. The zero-order chi connectivity index (χ0) is 7.56. The zero-order valence-electron chi connectivity index (χ0n) is 5.47. The van der Waals surface area contributed by atoms with Crippen LogP contribution in [0.25, 0.3) is 0 Å². The average Bonchev–Trinajstić information content (AvgIpc) is 1.95. The molecule has 0 radical (unpaired) electrons. The molecule has 0 saturated carbocycles. The van der Waals surface area contributed by atoms with Crippen LogP contribution in [0, 0.1) is 15.4 Å². The van der Waals surface area contributed by atoms with Crippen molar-refractivity contribution in [1.82, 2.24) is 0 Å². The van der Waals surface area contributed by atoms with Gasteiger partial charge in [-0.3, -0.25) is 0 Å². The summed E-state index contributed by atoms with van der Waals surface area (Å²) in [6.45, 7) is 1.95. The molecule has 10 heavy (non-hydrogen) atoms. The Hall–Kier alpha value is -0.450. The van der Waals surface area contributed by atoms with Crippen LogP contribution in [0.5, 0.6) is 0 Å². The first-order valence-electron chi connectivity index (χ1n) is 2.84. The van der Waals surface area contributed by atoms with Crippen molar-refractivity contribution >= 4 is 28.3 Å². The molecule has 1 rings (SSSR count). The first-order chi connectivity index (χ1) is 4.75. The molecular formula is C7H6INO. The highest BCUT2D eigenvalue weighted by Gasteiger charge is 1.99. The molecule has 1 aromatic carbocycles. The lowest BCUT2D eigenvalue weighted by atomic mass is 10.2. The molecule has 0 heterocycles. The van der Waals surface area contributed by atoms with Crippen LogP contribution in [0.3, 0.4) is 0 Å². The van der Waals surface area contributed by atoms with E-state index in [1.165, 1.54) is 0 Å².